The summed E-state index contributed by atoms with van der Waals surface area (Å²) in [7, 11) is 0. The average molecular weight is 897 g/mol. The van der Waals surface area contributed by atoms with Gasteiger partial charge in [0.25, 0.3) is 0 Å². The molecule has 0 aliphatic rings. The summed E-state index contributed by atoms with van der Waals surface area (Å²) in [6.07, 6.45) is 5.84. The average Bonchev–Trinajstić information content (AvgIpc) is 3.94. The van der Waals surface area contributed by atoms with Crippen LogP contribution in [0.2, 0.25) is 0 Å². The number of fused-ring (bicyclic) bond motifs is 6. The summed E-state index contributed by atoms with van der Waals surface area (Å²) in [5.41, 5.74) is 23.9. The molecule has 0 saturated heterocycles. The van der Waals surface area contributed by atoms with Gasteiger partial charge in [0.05, 0.1) is 22.1 Å². The number of hydrogen-bond acceptors (Lipinski definition) is 0. The number of aromatic nitrogens is 2. The minimum atomic E-state index is 1.01. The summed E-state index contributed by atoms with van der Waals surface area (Å²) in [4.78, 5) is 0. The van der Waals surface area contributed by atoms with Crippen molar-refractivity contribution in [2.75, 3.05) is 0 Å². The molecular weight excluding hydrogens is 845 g/mol. The molecule has 0 unspecified atom stereocenters. The summed E-state index contributed by atoms with van der Waals surface area (Å²) in [6, 6.07) is 81.0. The first-order valence-electron chi connectivity index (χ1n) is 24.5. The molecular formula is C68H52N2. The third-order valence-corrected chi connectivity index (χ3v) is 14.4. The lowest BCUT2D eigenvalue weighted by atomic mass is 9.98. The second-order valence-corrected chi connectivity index (χ2v) is 18.5. The molecule has 0 spiro atoms. The third kappa shape index (κ3) is 7.55. The Kier molecular flexibility index (Phi) is 10.8. The Labute approximate surface area is 410 Å². The number of aryl methyl sites for hydroxylation is 2. The first-order chi connectivity index (χ1) is 34.5. The van der Waals surface area contributed by atoms with Crippen molar-refractivity contribution >= 4 is 55.8 Å². The maximum atomic E-state index is 4.03. The van der Waals surface area contributed by atoms with Gasteiger partial charge in [-0.1, -0.05) is 173 Å². The van der Waals surface area contributed by atoms with E-state index < -0.39 is 0 Å². The zero-order valence-corrected chi connectivity index (χ0v) is 39.7. The Morgan fingerprint density at radius 2 is 0.586 bits per heavy atom. The molecule has 0 aliphatic heterocycles. The molecule has 0 atom stereocenters. The second kappa shape index (κ2) is 17.7. The molecule has 2 nitrogen and oxygen atoms in total. The number of nitrogens with zero attached hydrogens (tertiary/aromatic N) is 2. The predicted octanol–water partition coefficient (Wildman–Crippen LogP) is 18.6. The molecule has 0 saturated carbocycles. The van der Waals surface area contributed by atoms with E-state index in [4.69, 9.17) is 0 Å². The standard InChI is InChI=1S/C68H52N2/c1-5-45-13-9-17-51(37-45)55-25-33-65-61(41-55)62-42-56(52-18-10-14-46(6-2)38-52)26-34-66(62)69(65)59-29-21-49(22-30-59)50-23-31-60(32-24-50)70-67-35-27-57(53-19-11-15-47(7-3)39-53)43-63(67)64-44-58(28-36-68(64)70)54-20-12-16-48(8-4)40-54/h5,7,9-44H,1,3,6,8H2,2,4H3. The summed E-state index contributed by atoms with van der Waals surface area (Å²) in [6.45, 7) is 12.5. The largest absolute Gasteiger partial charge is 0.309 e. The van der Waals surface area contributed by atoms with Gasteiger partial charge in [0.1, 0.15) is 0 Å². The van der Waals surface area contributed by atoms with Gasteiger partial charge < -0.3 is 9.13 Å². The molecule has 12 rings (SSSR count). The normalized spacial score (nSPS) is 11.5. The third-order valence-electron chi connectivity index (χ3n) is 14.4. The van der Waals surface area contributed by atoms with Crippen molar-refractivity contribution < 1.29 is 0 Å². The molecule has 12 aromatic rings. The topological polar surface area (TPSA) is 9.86 Å². The zero-order valence-electron chi connectivity index (χ0n) is 39.7. The van der Waals surface area contributed by atoms with E-state index >= 15 is 0 Å². The highest BCUT2D eigenvalue weighted by Crippen LogP contribution is 2.40. The van der Waals surface area contributed by atoms with E-state index in [-0.39, 0.29) is 0 Å². The molecule has 0 N–H and O–H groups in total. The number of rotatable bonds is 11. The van der Waals surface area contributed by atoms with Crippen LogP contribution in [0.3, 0.4) is 0 Å². The smallest absolute Gasteiger partial charge is 0.0541 e. The van der Waals surface area contributed by atoms with Crippen molar-refractivity contribution in [3.63, 3.8) is 0 Å². The van der Waals surface area contributed by atoms with Crippen LogP contribution in [0.15, 0.2) is 232 Å². The molecule has 0 amide bonds. The number of hydrogen-bond donors (Lipinski definition) is 0. The Morgan fingerprint density at radius 3 is 0.900 bits per heavy atom. The monoisotopic (exact) mass is 896 g/mol. The van der Waals surface area contributed by atoms with Gasteiger partial charge in [-0.2, -0.15) is 0 Å². The molecule has 2 heteroatoms. The molecule has 0 radical (unpaired) electrons. The van der Waals surface area contributed by atoms with Gasteiger partial charge in [-0.25, -0.2) is 0 Å². The summed E-state index contributed by atoms with van der Waals surface area (Å²) < 4.78 is 4.84. The van der Waals surface area contributed by atoms with Gasteiger partial charge in [0.2, 0.25) is 0 Å². The molecule has 0 fully saturated rings. The van der Waals surface area contributed by atoms with Gasteiger partial charge in [-0.05, 0) is 176 Å². The Bertz CT molecular complexity index is 3720. The van der Waals surface area contributed by atoms with Crippen molar-refractivity contribution in [3.05, 3.63) is 254 Å². The highest BCUT2D eigenvalue weighted by atomic mass is 15.0. The van der Waals surface area contributed by atoms with Crippen LogP contribution >= 0.6 is 0 Å². The lowest BCUT2D eigenvalue weighted by Crippen LogP contribution is -1.95. The Hall–Kier alpha value is -8.72. The van der Waals surface area contributed by atoms with Gasteiger partial charge >= 0.3 is 0 Å². The van der Waals surface area contributed by atoms with E-state index in [0.29, 0.717) is 0 Å². The molecule has 70 heavy (non-hydrogen) atoms. The molecule has 0 bridgehead atoms. The number of benzene rings is 10. The molecule has 334 valence electrons. The highest BCUT2D eigenvalue weighted by molar-refractivity contribution is 6.13. The fourth-order valence-corrected chi connectivity index (χ4v) is 10.6. The lowest BCUT2D eigenvalue weighted by molar-refractivity contribution is 1.14. The van der Waals surface area contributed by atoms with E-state index in [0.717, 1.165) is 35.3 Å². The minimum Gasteiger partial charge on any atom is -0.309 e. The first-order valence-corrected chi connectivity index (χ1v) is 24.5. The summed E-state index contributed by atoms with van der Waals surface area (Å²) in [5, 5.41) is 4.94. The summed E-state index contributed by atoms with van der Waals surface area (Å²) in [5.74, 6) is 0. The summed E-state index contributed by atoms with van der Waals surface area (Å²) >= 11 is 0. The van der Waals surface area contributed by atoms with Crippen molar-refractivity contribution in [1.29, 1.82) is 0 Å². The minimum absolute atomic E-state index is 1.01. The maximum Gasteiger partial charge on any atom is 0.0541 e. The molecule has 10 aromatic carbocycles. The zero-order chi connectivity index (χ0) is 47.3. The van der Waals surface area contributed by atoms with Crippen LogP contribution in [-0.2, 0) is 12.8 Å². The SMILES string of the molecule is C=Cc1cccc(-c2ccc3c(c2)c2cc(-c4cccc(CC)c4)ccc2n3-c2ccc(-c3ccc(-n4c5ccc(-c6cccc(C=C)c6)cc5c5cc(-c6cccc(CC)c6)ccc54)cc3)cc2)c1. The predicted molar refractivity (Wildman–Crippen MR) is 301 cm³/mol. The van der Waals surface area contributed by atoms with Crippen LogP contribution in [0.1, 0.15) is 36.1 Å². The lowest BCUT2D eigenvalue weighted by Gasteiger charge is -2.12. The van der Waals surface area contributed by atoms with Gasteiger partial charge in [0.15, 0.2) is 0 Å². The van der Waals surface area contributed by atoms with E-state index in [9.17, 15) is 0 Å². The van der Waals surface area contributed by atoms with Crippen LogP contribution in [0.5, 0.6) is 0 Å². The highest BCUT2D eigenvalue weighted by Gasteiger charge is 2.18. The Morgan fingerprint density at radius 1 is 0.300 bits per heavy atom. The van der Waals surface area contributed by atoms with E-state index in [1.807, 2.05) is 12.2 Å². The quantitative estimate of drug-likeness (QED) is 0.122. The van der Waals surface area contributed by atoms with E-state index in [2.05, 4.69) is 255 Å². The first kappa shape index (κ1) is 42.6. The molecule has 2 aromatic heterocycles. The van der Waals surface area contributed by atoms with E-state index in [1.54, 1.807) is 0 Å². The van der Waals surface area contributed by atoms with Crippen LogP contribution in [-0.4, -0.2) is 9.13 Å². The van der Waals surface area contributed by atoms with Gasteiger partial charge in [-0.3, -0.25) is 0 Å². The fraction of sp³-hybridized carbons (Fsp3) is 0.0588. The van der Waals surface area contributed by atoms with Crippen molar-refractivity contribution in [1.82, 2.24) is 9.13 Å². The van der Waals surface area contributed by atoms with Crippen molar-refractivity contribution in [3.8, 4) is 67.0 Å². The van der Waals surface area contributed by atoms with Gasteiger partial charge in [-0.15, -0.1) is 0 Å². The van der Waals surface area contributed by atoms with Crippen LogP contribution in [0.4, 0.5) is 0 Å². The van der Waals surface area contributed by atoms with Gasteiger partial charge in [0, 0.05) is 32.9 Å². The van der Waals surface area contributed by atoms with Crippen LogP contribution in [0.25, 0.3) is 123 Å². The van der Waals surface area contributed by atoms with Crippen LogP contribution < -0.4 is 0 Å². The second-order valence-electron chi connectivity index (χ2n) is 18.5. The molecule has 0 aliphatic carbocycles. The molecule has 2 heterocycles. The Balaban J connectivity index is 0.928. The van der Waals surface area contributed by atoms with Crippen LogP contribution in [0, 0.1) is 0 Å². The fourth-order valence-electron chi connectivity index (χ4n) is 10.6. The maximum absolute atomic E-state index is 4.03. The van der Waals surface area contributed by atoms with Crippen molar-refractivity contribution in [2.45, 2.75) is 26.7 Å². The van der Waals surface area contributed by atoms with E-state index in [1.165, 1.54) is 110 Å². The van der Waals surface area contributed by atoms with Crippen molar-refractivity contribution in [2.24, 2.45) is 0 Å².